The minimum Gasteiger partial charge on any atom is -0.476 e. The molecule has 2 aromatic rings. The summed E-state index contributed by atoms with van der Waals surface area (Å²) in [7, 11) is 0. The molecule has 0 fully saturated rings. The van der Waals surface area contributed by atoms with Gasteiger partial charge in [-0.25, -0.2) is 9.78 Å². The highest BCUT2D eigenvalue weighted by Crippen LogP contribution is 2.21. The molecule has 0 bridgehead atoms. The molecular weight excluding hydrogens is 286 g/mol. The summed E-state index contributed by atoms with van der Waals surface area (Å²) in [6, 6.07) is 6.97. The second-order valence-electron chi connectivity index (χ2n) is 3.59. The molecule has 0 atom stereocenters. The molecule has 0 unspecified atom stereocenters. The second-order valence-corrected chi connectivity index (χ2v) is 4.94. The van der Waals surface area contributed by atoms with Crippen LogP contribution in [0, 0.1) is 11.3 Å². The zero-order chi connectivity index (χ0) is 13.8. The Balaban J connectivity index is 2.04. The number of nitrogens with zero attached hydrogens (tertiary/aromatic N) is 2. The van der Waals surface area contributed by atoms with Crippen LogP contribution >= 0.6 is 22.9 Å². The third kappa shape index (κ3) is 3.22. The molecule has 19 heavy (non-hydrogen) atoms. The number of halogens is 1. The third-order valence-corrected chi connectivity index (χ3v) is 3.47. The van der Waals surface area contributed by atoms with Crippen molar-refractivity contribution in [1.82, 2.24) is 4.98 Å². The Morgan fingerprint density at radius 3 is 2.95 bits per heavy atom. The number of anilines is 1. The van der Waals surface area contributed by atoms with Gasteiger partial charge in [-0.15, -0.1) is 11.3 Å². The number of nitriles is 1. The highest BCUT2D eigenvalue weighted by molar-refractivity contribution is 7.09. The van der Waals surface area contributed by atoms with Crippen LogP contribution in [0.15, 0.2) is 23.6 Å². The number of thiazole rings is 1. The van der Waals surface area contributed by atoms with Gasteiger partial charge in [0, 0.05) is 11.1 Å². The van der Waals surface area contributed by atoms with Gasteiger partial charge in [0.15, 0.2) is 5.69 Å². The largest absolute Gasteiger partial charge is 0.476 e. The number of hydrogen-bond donors (Lipinski definition) is 2. The maximum atomic E-state index is 10.7. The summed E-state index contributed by atoms with van der Waals surface area (Å²) in [6.07, 6.45) is 0. The topological polar surface area (TPSA) is 86.0 Å². The van der Waals surface area contributed by atoms with Crippen molar-refractivity contribution in [2.24, 2.45) is 0 Å². The lowest BCUT2D eigenvalue weighted by Crippen LogP contribution is -2.01. The van der Waals surface area contributed by atoms with E-state index in [1.165, 1.54) is 16.7 Å². The van der Waals surface area contributed by atoms with Crippen LogP contribution in [0.1, 0.15) is 21.1 Å². The van der Waals surface area contributed by atoms with Gasteiger partial charge in [0.25, 0.3) is 0 Å². The van der Waals surface area contributed by atoms with Crippen LogP contribution in [0.3, 0.4) is 0 Å². The number of aromatic carboxylic acids is 1. The first kappa shape index (κ1) is 13.3. The van der Waals surface area contributed by atoms with Gasteiger partial charge >= 0.3 is 5.97 Å². The van der Waals surface area contributed by atoms with Crippen LogP contribution < -0.4 is 5.32 Å². The lowest BCUT2D eigenvalue weighted by atomic mass is 10.2. The number of rotatable bonds is 4. The lowest BCUT2D eigenvalue weighted by Gasteiger charge is -2.05. The van der Waals surface area contributed by atoms with Gasteiger partial charge in [-0.2, -0.15) is 5.26 Å². The van der Waals surface area contributed by atoms with Crippen molar-refractivity contribution in [1.29, 1.82) is 5.26 Å². The van der Waals surface area contributed by atoms with Crippen LogP contribution in [0.25, 0.3) is 0 Å². The number of carboxylic acid groups (broad SMARTS) is 1. The summed E-state index contributed by atoms with van der Waals surface area (Å²) < 4.78 is 0. The number of nitrogens with one attached hydrogen (secondary N) is 1. The number of carbonyl (C=O) groups is 1. The number of carboxylic acids is 1. The van der Waals surface area contributed by atoms with E-state index in [1.54, 1.807) is 18.2 Å². The minimum absolute atomic E-state index is 0.0414. The lowest BCUT2D eigenvalue weighted by molar-refractivity contribution is 0.0691. The second kappa shape index (κ2) is 5.69. The molecule has 96 valence electrons. The van der Waals surface area contributed by atoms with E-state index in [2.05, 4.69) is 10.3 Å². The Kier molecular flexibility index (Phi) is 4.00. The van der Waals surface area contributed by atoms with E-state index in [9.17, 15) is 4.79 Å². The van der Waals surface area contributed by atoms with Crippen molar-refractivity contribution in [3.05, 3.63) is 44.9 Å². The molecule has 2 N–H and O–H groups in total. The van der Waals surface area contributed by atoms with Gasteiger partial charge in [-0.05, 0) is 18.2 Å². The van der Waals surface area contributed by atoms with Crippen LogP contribution in [-0.4, -0.2) is 16.1 Å². The average Bonchev–Trinajstić information content (AvgIpc) is 2.85. The maximum Gasteiger partial charge on any atom is 0.355 e. The quantitative estimate of drug-likeness (QED) is 0.905. The average molecular weight is 294 g/mol. The molecule has 0 aliphatic rings. The Labute approximate surface area is 118 Å². The molecule has 0 saturated carbocycles. The van der Waals surface area contributed by atoms with Gasteiger partial charge in [-0.3, -0.25) is 0 Å². The van der Waals surface area contributed by atoms with Crippen LogP contribution in [0.5, 0.6) is 0 Å². The number of hydrogen-bond acceptors (Lipinski definition) is 5. The van der Waals surface area contributed by atoms with Crippen LogP contribution in [0.2, 0.25) is 5.02 Å². The van der Waals surface area contributed by atoms with Crippen molar-refractivity contribution in [3.8, 4) is 6.07 Å². The normalized spacial score (nSPS) is 9.89. The first-order valence-electron chi connectivity index (χ1n) is 5.21. The standard InChI is InChI=1S/C12H8ClN3O2S/c13-9-3-8(2-1-7(9)4-14)15-5-11-16-10(6-19-11)12(17)18/h1-3,6,15H,5H2,(H,17,18). The third-order valence-electron chi connectivity index (χ3n) is 2.30. The Bertz CT molecular complexity index is 663. The Morgan fingerprint density at radius 1 is 1.58 bits per heavy atom. The van der Waals surface area contributed by atoms with Crippen molar-refractivity contribution >= 4 is 34.6 Å². The first-order chi connectivity index (χ1) is 9.10. The summed E-state index contributed by atoms with van der Waals surface area (Å²) in [5.41, 5.74) is 1.20. The van der Waals surface area contributed by atoms with Gasteiger partial charge in [0.2, 0.25) is 0 Å². The molecule has 0 aliphatic carbocycles. The Morgan fingerprint density at radius 2 is 2.37 bits per heavy atom. The summed E-state index contributed by atoms with van der Waals surface area (Å²) in [5.74, 6) is -1.04. The van der Waals surface area contributed by atoms with E-state index in [-0.39, 0.29) is 5.69 Å². The molecule has 0 spiro atoms. The molecule has 0 saturated heterocycles. The monoisotopic (exact) mass is 293 g/mol. The molecule has 1 aromatic heterocycles. The van der Waals surface area contributed by atoms with E-state index >= 15 is 0 Å². The maximum absolute atomic E-state index is 10.7. The van der Waals surface area contributed by atoms with Gasteiger partial charge < -0.3 is 10.4 Å². The van der Waals surface area contributed by atoms with E-state index in [4.69, 9.17) is 22.0 Å². The number of benzene rings is 1. The molecule has 5 nitrogen and oxygen atoms in total. The van der Waals surface area contributed by atoms with Crippen molar-refractivity contribution in [3.63, 3.8) is 0 Å². The summed E-state index contributed by atoms with van der Waals surface area (Å²) in [5, 5.41) is 23.1. The fourth-order valence-electron chi connectivity index (χ4n) is 1.38. The molecule has 2 rings (SSSR count). The molecule has 0 radical (unpaired) electrons. The van der Waals surface area contributed by atoms with Gasteiger partial charge in [0.1, 0.15) is 11.1 Å². The van der Waals surface area contributed by atoms with Crippen molar-refractivity contribution in [2.45, 2.75) is 6.54 Å². The van der Waals surface area contributed by atoms with Crippen LogP contribution in [-0.2, 0) is 6.54 Å². The summed E-state index contributed by atoms with van der Waals surface area (Å²) >= 11 is 7.17. The minimum atomic E-state index is -1.04. The summed E-state index contributed by atoms with van der Waals surface area (Å²) in [4.78, 5) is 14.6. The smallest absolute Gasteiger partial charge is 0.355 e. The predicted octanol–water partition coefficient (Wildman–Crippen LogP) is 2.98. The van der Waals surface area contributed by atoms with Crippen molar-refractivity contribution in [2.75, 3.05) is 5.32 Å². The Hall–Kier alpha value is -2.10. The van der Waals surface area contributed by atoms with Gasteiger partial charge in [-0.1, -0.05) is 11.6 Å². The molecule has 1 aromatic carbocycles. The van der Waals surface area contributed by atoms with E-state index in [0.717, 1.165) is 5.69 Å². The molecular formula is C12H8ClN3O2S. The summed E-state index contributed by atoms with van der Waals surface area (Å²) in [6.45, 7) is 0.403. The number of aromatic nitrogens is 1. The van der Waals surface area contributed by atoms with Crippen LogP contribution in [0.4, 0.5) is 5.69 Å². The van der Waals surface area contributed by atoms with Crippen molar-refractivity contribution < 1.29 is 9.90 Å². The molecule has 0 amide bonds. The molecule has 7 heteroatoms. The molecule has 0 aliphatic heterocycles. The zero-order valence-electron chi connectivity index (χ0n) is 9.55. The highest BCUT2D eigenvalue weighted by atomic mass is 35.5. The SMILES string of the molecule is N#Cc1ccc(NCc2nc(C(=O)O)cs2)cc1Cl. The highest BCUT2D eigenvalue weighted by Gasteiger charge is 2.08. The fourth-order valence-corrected chi connectivity index (χ4v) is 2.31. The van der Waals surface area contributed by atoms with E-state index in [0.29, 0.717) is 22.1 Å². The van der Waals surface area contributed by atoms with E-state index in [1.807, 2.05) is 6.07 Å². The fraction of sp³-hybridized carbons (Fsp3) is 0.0833. The van der Waals surface area contributed by atoms with E-state index < -0.39 is 5.97 Å². The molecule has 1 heterocycles. The zero-order valence-corrected chi connectivity index (χ0v) is 11.1. The first-order valence-corrected chi connectivity index (χ1v) is 6.47. The predicted molar refractivity (Wildman–Crippen MR) is 72.6 cm³/mol. The van der Waals surface area contributed by atoms with Gasteiger partial charge in [0.05, 0.1) is 17.1 Å².